The fraction of sp³-hybridized carbons (Fsp3) is 0.586. The van der Waals surface area contributed by atoms with Gasteiger partial charge in [-0.05, 0) is 53.4 Å². The first-order chi connectivity index (χ1) is 19.8. The summed E-state index contributed by atoms with van der Waals surface area (Å²) < 4.78 is 52.9. The number of hydrogen-bond donors (Lipinski definition) is 0. The maximum absolute atomic E-state index is 13.8. The molecule has 4 rings (SSSR count). The maximum Gasteiger partial charge on any atom is 0.418 e. The molecule has 0 aliphatic carbocycles. The summed E-state index contributed by atoms with van der Waals surface area (Å²) >= 11 is 0. The van der Waals surface area contributed by atoms with E-state index in [1.54, 1.807) is 36.6 Å². The number of likely N-dealkylation sites (N-methyl/N-ethyl adjacent to an activating group) is 1. The van der Waals surface area contributed by atoms with E-state index in [9.17, 15) is 18.0 Å². The molecule has 2 aromatic rings. The average Bonchev–Trinajstić information content (AvgIpc) is 2.91. The molecule has 228 valence electrons. The normalized spacial score (nSPS) is 17.6. The number of halogens is 3. The monoisotopic (exact) mass is 589 g/mol. The molecule has 0 spiro atoms. The molecule has 2 aliphatic heterocycles. The van der Waals surface area contributed by atoms with Crippen molar-refractivity contribution < 1.29 is 27.4 Å². The summed E-state index contributed by atoms with van der Waals surface area (Å²) in [5.41, 5.74) is 0.180. The zero-order valence-electron chi connectivity index (χ0n) is 24.7. The molecule has 0 radical (unpaired) electrons. The van der Waals surface area contributed by atoms with E-state index in [1.165, 1.54) is 12.1 Å². The molecule has 3 heterocycles. The van der Waals surface area contributed by atoms with Crippen molar-refractivity contribution in [3.8, 4) is 6.01 Å². The van der Waals surface area contributed by atoms with Crippen LogP contribution in [0, 0.1) is 6.57 Å². The van der Waals surface area contributed by atoms with Crippen molar-refractivity contribution in [1.29, 1.82) is 0 Å². The second kappa shape index (κ2) is 12.6. The lowest BCUT2D eigenvalue weighted by molar-refractivity contribution is -0.137. The molecular weight excluding hydrogens is 551 g/mol. The third-order valence-electron chi connectivity index (χ3n) is 7.05. The molecular formula is C29H38F3N7O3. The Labute approximate surface area is 244 Å². The van der Waals surface area contributed by atoms with Gasteiger partial charge in [-0.15, -0.1) is 0 Å². The van der Waals surface area contributed by atoms with Crippen molar-refractivity contribution in [2.45, 2.75) is 51.6 Å². The first-order valence-corrected chi connectivity index (χ1v) is 13.9. The number of carbonyl (C=O) groups is 1. The van der Waals surface area contributed by atoms with Crippen molar-refractivity contribution in [2.75, 3.05) is 69.8 Å². The van der Waals surface area contributed by atoms with Crippen LogP contribution in [0.3, 0.4) is 0 Å². The summed E-state index contributed by atoms with van der Waals surface area (Å²) in [6.45, 7) is 15.5. The van der Waals surface area contributed by atoms with Crippen LogP contribution in [0.1, 0.15) is 37.6 Å². The second-order valence-corrected chi connectivity index (χ2v) is 11.7. The number of ether oxygens (including phenoxy) is 2. The Hall–Kier alpha value is -3.79. The van der Waals surface area contributed by atoms with Crippen LogP contribution in [0.25, 0.3) is 4.85 Å². The Morgan fingerprint density at radius 2 is 1.86 bits per heavy atom. The van der Waals surface area contributed by atoms with E-state index in [2.05, 4.69) is 9.83 Å². The van der Waals surface area contributed by atoms with Gasteiger partial charge in [0.2, 0.25) is 6.54 Å². The molecule has 1 fully saturated rings. The van der Waals surface area contributed by atoms with Gasteiger partial charge in [-0.25, -0.2) is 11.4 Å². The predicted octanol–water partition coefficient (Wildman–Crippen LogP) is 4.34. The molecule has 42 heavy (non-hydrogen) atoms. The minimum atomic E-state index is -4.49. The molecule has 1 atom stereocenters. The highest BCUT2D eigenvalue weighted by Crippen LogP contribution is 2.39. The zero-order valence-corrected chi connectivity index (χ0v) is 24.7. The number of amides is 1. The molecule has 1 aromatic carbocycles. The highest BCUT2D eigenvalue weighted by Gasteiger charge is 2.39. The Morgan fingerprint density at radius 3 is 2.52 bits per heavy atom. The van der Waals surface area contributed by atoms with Gasteiger partial charge in [0.15, 0.2) is 0 Å². The van der Waals surface area contributed by atoms with E-state index < -0.39 is 29.5 Å². The van der Waals surface area contributed by atoms with Crippen LogP contribution in [-0.2, 0) is 23.9 Å². The van der Waals surface area contributed by atoms with Crippen LogP contribution >= 0.6 is 0 Å². The Bertz CT molecular complexity index is 1310. The van der Waals surface area contributed by atoms with Gasteiger partial charge in [-0.3, -0.25) is 4.90 Å². The first kappa shape index (κ1) is 31.2. The fourth-order valence-electron chi connectivity index (χ4n) is 5.10. The molecule has 1 saturated heterocycles. The van der Waals surface area contributed by atoms with Crippen LogP contribution in [-0.4, -0.2) is 97.5 Å². The summed E-state index contributed by atoms with van der Waals surface area (Å²) in [6, 6.07) is 5.28. The number of para-hydroxylation sites is 1. The molecule has 1 amide bonds. The molecule has 0 bridgehead atoms. The summed E-state index contributed by atoms with van der Waals surface area (Å²) in [5.74, 6) is 0.627. The van der Waals surface area contributed by atoms with Crippen molar-refractivity contribution in [2.24, 2.45) is 0 Å². The van der Waals surface area contributed by atoms with Gasteiger partial charge in [0.25, 0.3) is 0 Å². The van der Waals surface area contributed by atoms with E-state index in [4.69, 9.17) is 21.0 Å². The number of fused-ring (bicyclic) bond motifs is 1. The molecule has 1 aromatic heterocycles. The van der Waals surface area contributed by atoms with E-state index in [0.717, 1.165) is 11.6 Å². The minimum absolute atomic E-state index is 0.0945. The smallest absolute Gasteiger partial charge is 0.418 e. The van der Waals surface area contributed by atoms with E-state index in [-0.39, 0.29) is 24.8 Å². The van der Waals surface area contributed by atoms with Crippen molar-refractivity contribution >= 4 is 17.6 Å². The summed E-state index contributed by atoms with van der Waals surface area (Å²) in [4.78, 5) is 33.1. The third kappa shape index (κ3) is 7.53. The maximum atomic E-state index is 13.8. The number of anilines is 2. The third-order valence-corrected chi connectivity index (χ3v) is 7.05. The number of carbonyl (C=O) groups excluding carboxylic acids is 1. The number of alkyl halides is 3. The Morgan fingerprint density at radius 1 is 1.12 bits per heavy atom. The number of nitrogens with zero attached hydrogens (tertiary/aromatic N) is 7. The van der Waals surface area contributed by atoms with Gasteiger partial charge in [0, 0.05) is 44.0 Å². The lowest BCUT2D eigenvalue weighted by Crippen LogP contribution is -2.57. The van der Waals surface area contributed by atoms with E-state index in [1.807, 2.05) is 23.9 Å². The topological polar surface area (TPSA) is 78.6 Å². The van der Waals surface area contributed by atoms with Crippen LogP contribution in [0.15, 0.2) is 24.3 Å². The molecule has 2 aliphatic rings. The van der Waals surface area contributed by atoms with Gasteiger partial charge in [0.1, 0.15) is 24.1 Å². The van der Waals surface area contributed by atoms with Gasteiger partial charge in [-0.2, -0.15) is 23.1 Å². The quantitative estimate of drug-likeness (QED) is 0.442. The molecule has 0 N–H and O–H groups in total. The second-order valence-electron chi connectivity index (χ2n) is 11.7. The number of aromatic nitrogens is 2. The SMILES string of the molecule is [C-]#[N+]CC1CN(c2nc(OCCN(C)C)nc3c2CCN(c2ccccc2C(F)(F)F)C3)CCN1C(=O)OC(C)(C)C. The lowest BCUT2D eigenvalue weighted by Gasteiger charge is -2.41. The van der Waals surface area contributed by atoms with Crippen molar-refractivity contribution in [1.82, 2.24) is 19.8 Å². The summed E-state index contributed by atoms with van der Waals surface area (Å²) in [6.07, 6.45) is -4.53. The lowest BCUT2D eigenvalue weighted by atomic mass is 10.0. The molecule has 13 heteroatoms. The zero-order chi connectivity index (χ0) is 30.7. The van der Waals surface area contributed by atoms with E-state index in [0.29, 0.717) is 57.3 Å². The number of piperazine rings is 1. The first-order valence-electron chi connectivity index (χ1n) is 13.9. The molecule has 0 saturated carbocycles. The molecule has 10 nitrogen and oxygen atoms in total. The average molecular weight is 590 g/mol. The van der Waals surface area contributed by atoms with Crippen molar-refractivity contribution in [3.63, 3.8) is 0 Å². The van der Waals surface area contributed by atoms with Gasteiger partial charge in [-0.1, -0.05) is 12.1 Å². The van der Waals surface area contributed by atoms with Gasteiger partial charge >= 0.3 is 18.3 Å². The minimum Gasteiger partial charge on any atom is -0.462 e. The Kier molecular flexibility index (Phi) is 9.35. The van der Waals surface area contributed by atoms with Crippen LogP contribution < -0.4 is 14.5 Å². The summed E-state index contributed by atoms with van der Waals surface area (Å²) in [5, 5.41) is 0. The number of hydrogen-bond acceptors (Lipinski definition) is 8. The van der Waals surface area contributed by atoms with E-state index >= 15 is 0 Å². The van der Waals surface area contributed by atoms with Crippen LogP contribution in [0.2, 0.25) is 0 Å². The fourth-order valence-corrected chi connectivity index (χ4v) is 5.10. The number of benzene rings is 1. The Balaban J connectivity index is 1.66. The highest BCUT2D eigenvalue weighted by molar-refractivity contribution is 5.69. The van der Waals surface area contributed by atoms with Crippen molar-refractivity contribution in [3.05, 3.63) is 52.5 Å². The van der Waals surface area contributed by atoms with Crippen LogP contribution in [0.5, 0.6) is 6.01 Å². The highest BCUT2D eigenvalue weighted by atomic mass is 19.4. The summed E-state index contributed by atoms with van der Waals surface area (Å²) in [7, 11) is 3.83. The molecule has 1 unspecified atom stereocenters. The number of rotatable bonds is 7. The predicted molar refractivity (Wildman–Crippen MR) is 153 cm³/mol. The van der Waals surface area contributed by atoms with Gasteiger partial charge in [0.05, 0.1) is 17.8 Å². The van der Waals surface area contributed by atoms with Crippen LogP contribution in [0.4, 0.5) is 29.5 Å². The largest absolute Gasteiger partial charge is 0.462 e. The van der Waals surface area contributed by atoms with Gasteiger partial charge < -0.3 is 29.0 Å². The standard InChI is InChI=1S/C29H38F3N7O3/c1-28(2,3)42-27(40)39-14-13-38(18-20(39)17-33-4)25-21-11-12-37(24-10-8-7-9-22(24)29(30,31)32)19-23(21)34-26(35-25)41-16-15-36(5)6/h7-10,20H,11-19H2,1-3,5-6H3.